The van der Waals surface area contributed by atoms with E-state index in [4.69, 9.17) is 9.47 Å². The fourth-order valence-electron chi connectivity index (χ4n) is 2.01. The second kappa shape index (κ2) is 7.98. The molecule has 0 saturated heterocycles. The molecule has 0 saturated carbocycles. The third-order valence-corrected chi connectivity index (χ3v) is 2.98. The van der Waals surface area contributed by atoms with Gasteiger partial charge in [-0.1, -0.05) is 13.8 Å². The average Bonchev–Trinajstić information content (AvgIpc) is 2.39. The van der Waals surface area contributed by atoms with Gasteiger partial charge in [0, 0.05) is 0 Å². The fourth-order valence-corrected chi connectivity index (χ4v) is 2.01. The summed E-state index contributed by atoms with van der Waals surface area (Å²) < 4.78 is 10.7. The molecule has 0 heterocycles. The van der Waals surface area contributed by atoms with Crippen molar-refractivity contribution in [3.05, 3.63) is 23.8 Å². The van der Waals surface area contributed by atoms with Crippen molar-refractivity contribution in [3.63, 3.8) is 0 Å². The summed E-state index contributed by atoms with van der Waals surface area (Å²) in [6, 6.07) is 5.97. The Hall–Kier alpha value is -1.22. The highest BCUT2D eigenvalue weighted by atomic mass is 16.5. The van der Waals surface area contributed by atoms with Crippen LogP contribution in [0.3, 0.4) is 0 Å². The highest BCUT2D eigenvalue weighted by Gasteiger charge is 2.09. The van der Waals surface area contributed by atoms with Gasteiger partial charge < -0.3 is 14.8 Å². The highest BCUT2D eigenvalue weighted by molar-refractivity contribution is 5.40. The molecule has 102 valence electrons. The molecular formula is C15H25NO2. The molecule has 1 rings (SSSR count). The van der Waals surface area contributed by atoms with Gasteiger partial charge >= 0.3 is 0 Å². The van der Waals surface area contributed by atoms with Crippen molar-refractivity contribution in [1.82, 2.24) is 5.32 Å². The predicted octanol–water partition coefficient (Wildman–Crippen LogP) is 2.88. The van der Waals surface area contributed by atoms with E-state index in [-0.39, 0.29) is 0 Å². The Kier molecular flexibility index (Phi) is 6.58. The first-order chi connectivity index (χ1) is 8.71. The summed E-state index contributed by atoms with van der Waals surface area (Å²) in [5.74, 6) is 2.41. The lowest BCUT2D eigenvalue weighted by Gasteiger charge is -2.15. The molecule has 0 spiro atoms. The number of hydrogen-bond acceptors (Lipinski definition) is 3. The zero-order chi connectivity index (χ0) is 13.4. The lowest BCUT2D eigenvalue weighted by Crippen LogP contribution is -2.23. The Morgan fingerprint density at radius 1 is 1.22 bits per heavy atom. The number of hydrogen-bond donors (Lipinski definition) is 1. The van der Waals surface area contributed by atoms with Crippen molar-refractivity contribution in [2.45, 2.75) is 26.7 Å². The first-order valence-electron chi connectivity index (χ1n) is 6.62. The lowest BCUT2D eigenvalue weighted by molar-refractivity contribution is 0.394. The van der Waals surface area contributed by atoms with E-state index in [1.54, 1.807) is 14.2 Å². The van der Waals surface area contributed by atoms with Gasteiger partial charge in [-0.25, -0.2) is 0 Å². The molecule has 3 nitrogen and oxygen atoms in total. The zero-order valence-electron chi connectivity index (χ0n) is 12.0. The maximum Gasteiger partial charge on any atom is 0.122 e. The molecule has 1 aromatic carbocycles. The molecule has 0 radical (unpaired) electrons. The molecule has 0 aliphatic rings. The van der Waals surface area contributed by atoms with Crippen LogP contribution in [0.25, 0.3) is 0 Å². The molecule has 18 heavy (non-hydrogen) atoms. The summed E-state index contributed by atoms with van der Waals surface area (Å²) in [6.45, 7) is 6.55. The summed E-state index contributed by atoms with van der Waals surface area (Å²) in [7, 11) is 3.41. The van der Waals surface area contributed by atoms with Crippen LogP contribution in [0, 0.1) is 5.92 Å². The molecule has 0 bridgehead atoms. The van der Waals surface area contributed by atoms with Gasteiger partial charge in [0.1, 0.15) is 11.5 Å². The Morgan fingerprint density at radius 3 is 2.61 bits per heavy atom. The minimum atomic E-state index is 0.581. The second-order valence-corrected chi connectivity index (χ2v) is 4.69. The van der Waals surface area contributed by atoms with Gasteiger partial charge in [-0.05, 0) is 55.6 Å². The minimum Gasteiger partial charge on any atom is -0.497 e. The molecule has 0 aliphatic heterocycles. The SMILES string of the molecule is CCCNCC(C)Cc1cc(OC)ccc1OC. The number of benzene rings is 1. The van der Waals surface area contributed by atoms with Crippen LogP contribution in [-0.4, -0.2) is 27.3 Å². The van der Waals surface area contributed by atoms with E-state index in [0.717, 1.165) is 31.0 Å². The monoisotopic (exact) mass is 251 g/mol. The molecule has 1 atom stereocenters. The van der Waals surface area contributed by atoms with E-state index in [2.05, 4.69) is 25.2 Å². The van der Waals surface area contributed by atoms with E-state index < -0.39 is 0 Å². The van der Waals surface area contributed by atoms with Crippen molar-refractivity contribution in [3.8, 4) is 11.5 Å². The maximum absolute atomic E-state index is 5.40. The third kappa shape index (κ3) is 4.57. The van der Waals surface area contributed by atoms with Crippen LogP contribution in [0.15, 0.2) is 18.2 Å². The Balaban J connectivity index is 2.63. The standard InChI is InChI=1S/C15H25NO2/c1-5-8-16-11-12(2)9-13-10-14(17-3)6-7-15(13)18-4/h6-7,10,12,16H,5,8-9,11H2,1-4H3. The van der Waals surface area contributed by atoms with Crippen molar-refractivity contribution < 1.29 is 9.47 Å². The van der Waals surface area contributed by atoms with Crippen molar-refractivity contribution in [2.24, 2.45) is 5.92 Å². The first kappa shape index (κ1) is 14.8. The summed E-state index contributed by atoms with van der Waals surface area (Å²) in [6.07, 6.45) is 2.17. The smallest absolute Gasteiger partial charge is 0.122 e. The fraction of sp³-hybridized carbons (Fsp3) is 0.600. The molecule has 0 aromatic heterocycles. The molecular weight excluding hydrogens is 226 g/mol. The molecule has 3 heteroatoms. The third-order valence-electron chi connectivity index (χ3n) is 2.98. The van der Waals surface area contributed by atoms with Gasteiger partial charge in [-0.3, -0.25) is 0 Å². The number of nitrogens with one attached hydrogen (secondary N) is 1. The molecule has 1 aromatic rings. The average molecular weight is 251 g/mol. The minimum absolute atomic E-state index is 0.581. The maximum atomic E-state index is 5.40. The van der Waals surface area contributed by atoms with E-state index in [1.165, 1.54) is 12.0 Å². The van der Waals surface area contributed by atoms with Crippen LogP contribution in [-0.2, 0) is 6.42 Å². The topological polar surface area (TPSA) is 30.5 Å². The van der Waals surface area contributed by atoms with E-state index in [1.807, 2.05) is 12.1 Å². The first-order valence-corrected chi connectivity index (χ1v) is 6.62. The Morgan fingerprint density at radius 2 is 2.00 bits per heavy atom. The van der Waals surface area contributed by atoms with E-state index in [9.17, 15) is 0 Å². The van der Waals surface area contributed by atoms with Gasteiger partial charge in [0.15, 0.2) is 0 Å². The van der Waals surface area contributed by atoms with Crippen LogP contribution < -0.4 is 14.8 Å². The molecule has 0 fully saturated rings. The normalized spacial score (nSPS) is 12.2. The quantitative estimate of drug-likeness (QED) is 0.721. The number of ether oxygens (including phenoxy) is 2. The second-order valence-electron chi connectivity index (χ2n) is 4.69. The molecule has 1 unspecified atom stereocenters. The predicted molar refractivity (Wildman–Crippen MR) is 75.6 cm³/mol. The van der Waals surface area contributed by atoms with Gasteiger partial charge in [0.05, 0.1) is 14.2 Å². The van der Waals surface area contributed by atoms with Gasteiger partial charge in [-0.15, -0.1) is 0 Å². The van der Waals surface area contributed by atoms with Gasteiger partial charge in [0.25, 0.3) is 0 Å². The van der Waals surface area contributed by atoms with E-state index in [0.29, 0.717) is 5.92 Å². The number of methoxy groups -OCH3 is 2. The largest absolute Gasteiger partial charge is 0.497 e. The lowest BCUT2D eigenvalue weighted by atomic mass is 10.00. The van der Waals surface area contributed by atoms with Crippen LogP contribution in [0.4, 0.5) is 0 Å². The van der Waals surface area contributed by atoms with Crippen LogP contribution in [0.2, 0.25) is 0 Å². The summed E-state index contributed by atoms with van der Waals surface area (Å²) >= 11 is 0. The van der Waals surface area contributed by atoms with Crippen molar-refractivity contribution in [2.75, 3.05) is 27.3 Å². The Bertz CT molecular complexity index is 352. The summed E-state index contributed by atoms with van der Waals surface area (Å²) in [4.78, 5) is 0. The van der Waals surface area contributed by atoms with Crippen molar-refractivity contribution >= 4 is 0 Å². The highest BCUT2D eigenvalue weighted by Crippen LogP contribution is 2.26. The zero-order valence-corrected chi connectivity index (χ0v) is 12.0. The van der Waals surface area contributed by atoms with Crippen LogP contribution in [0.5, 0.6) is 11.5 Å². The van der Waals surface area contributed by atoms with Crippen molar-refractivity contribution in [1.29, 1.82) is 0 Å². The summed E-state index contributed by atoms with van der Waals surface area (Å²) in [5.41, 5.74) is 1.21. The molecule has 0 aliphatic carbocycles. The Labute approximate surface area is 110 Å². The van der Waals surface area contributed by atoms with Gasteiger partial charge in [-0.2, -0.15) is 0 Å². The molecule has 0 amide bonds. The summed E-state index contributed by atoms with van der Waals surface area (Å²) in [5, 5.41) is 3.45. The van der Waals surface area contributed by atoms with Crippen LogP contribution >= 0.6 is 0 Å². The van der Waals surface area contributed by atoms with Crippen LogP contribution in [0.1, 0.15) is 25.8 Å². The van der Waals surface area contributed by atoms with Gasteiger partial charge in [0.2, 0.25) is 0 Å². The molecule has 1 N–H and O–H groups in total. The van der Waals surface area contributed by atoms with E-state index >= 15 is 0 Å². The number of rotatable bonds is 8.